The average Bonchev–Trinajstić information content (AvgIpc) is 2.55. The minimum atomic E-state index is -0.0220. The number of alkyl halides is 1. The number of hydrogen-bond acceptors (Lipinski definition) is 4. The van der Waals surface area contributed by atoms with Crippen LogP contribution in [0.2, 0.25) is 0 Å². The predicted octanol–water partition coefficient (Wildman–Crippen LogP) is 2.28. The van der Waals surface area contributed by atoms with Crippen molar-refractivity contribution in [1.82, 2.24) is 9.78 Å². The highest BCUT2D eigenvalue weighted by Crippen LogP contribution is 2.30. The normalized spacial score (nSPS) is 16.2. The third-order valence-corrected chi connectivity index (χ3v) is 5.69. The lowest BCUT2D eigenvalue weighted by atomic mass is 9.85. The molecule has 0 spiro atoms. The van der Waals surface area contributed by atoms with E-state index in [0.29, 0.717) is 19.8 Å². The van der Waals surface area contributed by atoms with Crippen molar-refractivity contribution in [2.45, 2.75) is 33.2 Å². The standard InChI is InChI=1S/C15H24BrN3O2/c1-3-15(4-2,11-16)12-19-14(20)9-13(10-17-19)18-5-7-21-8-6-18/h9-10H,3-8,11-12H2,1-2H3. The van der Waals surface area contributed by atoms with Gasteiger partial charge in [-0.3, -0.25) is 4.79 Å². The van der Waals surface area contributed by atoms with Crippen LogP contribution in [-0.2, 0) is 11.3 Å². The van der Waals surface area contributed by atoms with Gasteiger partial charge in [0.2, 0.25) is 0 Å². The Kier molecular flexibility index (Phi) is 5.81. The summed E-state index contributed by atoms with van der Waals surface area (Å²) in [6.45, 7) is 8.05. The number of ether oxygens (including phenoxy) is 1. The molecule has 0 aliphatic carbocycles. The summed E-state index contributed by atoms with van der Waals surface area (Å²) in [5.74, 6) is 0. The van der Waals surface area contributed by atoms with Crippen molar-refractivity contribution in [2.75, 3.05) is 36.5 Å². The minimum absolute atomic E-state index is 0.0220. The van der Waals surface area contributed by atoms with Crippen molar-refractivity contribution in [1.29, 1.82) is 0 Å². The Hall–Kier alpha value is -0.880. The minimum Gasteiger partial charge on any atom is -0.378 e. The van der Waals surface area contributed by atoms with Gasteiger partial charge in [-0.1, -0.05) is 29.8 Å². The van der Waals surface area contributed by atoms with E-state index in [9.17, 15) is 4.79 Å². The zero-order valence-electron chi connectivity index (χ0n) is 12.8. The van der Waals surface area contributed by atoms with E-state index < -0.39 is 0 Å². The van der Waals surface area contributed by atoms with Crippen molar-refractivity contribution in [3.63, 3.8) is 0 Å². The lowest BCUT2D eigenvalue weighted by Crippen LogP contribution is -2.38. The maximum Gasteiger partial charge on any atom is 0.268 e. The van der Waals surface area contributed by atoms with Gasteiger partial charge in [-0.25, -0.2) is 4.68 Å². The molecule has 21 heavy (non-hydrogen) atoms. The van der Waals surface area contributed by atoms with E-state index in [1.165, 1.54) is 0 Å². The summed E-state index contributed by atoms with van der Waals surface area (Å²) in [5.41, 5.74) is 0.973. The van der Waals surface area contributed by atoms with Gasteiger partial charge in [0.1, 0.15) is 0 Å². The molecule has 0 bridgehead atoms. The number of nitrogens with zero attached hydrogens (tertiary/aromatic N) is 3. The summed E-state index contributed by atoms with van der Waals surface area (Å²) in [6, 6.07) is 1.70. The predicted molar refractivity (Wildman–Crippen MR) is 88.3 cm³/mol. The highest BCUT2D eigenvalue weighted by molar-refractivity contribution is 9.09. The van der Waals surface area contributed by atoms with E-state index in [4.69, 9.17) is 4.74 Å². The molecule has 2 heterocycles. The lowest BCUT2D eigenvalue weighted by Gasteiger charge is -2.30. The molecule has 1 aromatic rings. The Labute approximate surface area is 134 Å². The first-order chi connectivity index (χ1) is 10.1. The average molecular weight is 358 g/mol. The molecule has 0 atom stereocenters. The molecule has 0 radical (unpaired) electrons. The van der Waals surface area contributed by atoms with Crippen LogP contribution < -0.4 is 10.5 Å². The largest absolute Gasteiger partial charge is 0.378 e. The van der Waals surface area contributed by atoms with E-state index >= 15 is 0 Å². The molecule has 6 heteroatoms. The molecule has 0 unspecified atom stereocenters. The van der Waals surface area contributed by atoms with Crippen molar-refractivity contribution in [2.24, 2.45) is 5.41 Å². The number of morpholine rings is 1. The number of rotatable bonds is 6. The monoisotopic (exact) mass is 357 g/mol. The summed E-state index contributed by atoms with van der Waals surface area (Å²) in [5, 5.41) is 5.26. The van der Waals surface area contributed by atoms with Gasteiger partial charge in [0.25, 0.3) is 5.56 Å². The molecule has 0 saturated carbocycles. The van der Waals surface area contributed by atoms with E-state index in [-0.39, 0.29) is 11.0 Å². The van der Waals surface area contributed by atoms with Crippen LogP contribution in [0.4, 0.5) is 5.69 Å². The van der Waals surface area contributed by atoms with Crippen LogP contribution in [0, 0.1) is 5.41 Å². The first-order valence-electron chi connectivity index (χ1n) is 7.60. The summed E-state index contributed by atoms with van der Waals surface area (Å²) in [6.07, 6.45) is 3.85. The fourth-order valence-corrected chi connectivity index (χ4v) is 3.53. The third-order valence-electron chi connectivity index (χ3n) is 4.50. The molecular formula is C15H24BrN3O2. The molecule has 1 aliphatic heterocycles. The second kappa shape index (κ2) is 7.40. The van der Waals surface area contributed by atoms with Crippen LogP contribution in [0.15, 0.2) is 17.1 Å². The molecule has 118 valence electrons. The number of halogens is 1. The molecule has 0 amide bonds. The highest BCUT2D eigenvalue weighted by atomic mass is 79.9. The Morgan fingerprint density at radius 3 is 2.52 bits per heavy atom. The fraction of sp³-hybridized carbons (Fsp3) is 0.733. The summed E-state index contributed by atoms with van der Waals surface area (Å²) in [7, 11) is 0. The fourth-order valence-electron chi connectivity index (χ4n) is 2.56. The van der Waals surface area contributed by atoms with Gasteiger partial charge in [0.05, 0.1) is 31.6 Å². The first-order valence-corrected chi connectivity index (χ1v) is 8.72. The van der Waals surface area contributed by atoms with Crippen molar-refractivity contribution < 1.29 is 4.74 Å². The molecule has 1 saturated heterocycles. The third kappa shape index (κ3) is 3.86. The second-order valence-electron chi connectivity index (χ2n) is 5.65. The molecule has 5 nitrogen and oxygen atoms in total. The SMILES string of the molecule is CCC(CC)(CBr)Cn1ncc(N2CCOCC2)cc1=O. The van der Waals surface area contributed by atoms with Gasteiger partial charge < -0.3 is 9.64 Å². The van der Waals surface area contributed by atoms with Gasteiger partial charge in [-0.05, 0) is 18.3 Å². The van der Waals surface area contributed by atoms with Gasteiger partial charge in [-0.15, -0.1) is 0 Å². The smallest absolute Gasteiger partial charge is 0.268 e. The number of aromatic nitrogens is 2. The van der Waals surface area contributed by atoms with E-state index in [0.717, 1.165) is 36.9 Å². The van der Waals surface area contributed by atoms with Crippen LogP contribution in [0.5, 0.6) is 0 Å². The van der Waals surface area contributed by atoms with Gasteiger partial charge in [0, 0.05) is 24.5 Å². The molecular weight excluding hydrogens is 334 g/mol. The second-order valence-corrected chi connectivity index (χ2v) is 6.21. The summed E-state index contributed by atoms with van der Waals surface area (Å²) in [4.78, 5) is 14.5. The van der Waals surface area contributed by atoms with Crippen LogP contribution in [-0.4, -0.2) is 41.4 Å². The summed E-state index contributed by atoms with van der Waals surface area (Å²) < 4.78 is 6.93. The number of anilines is 1. The van der Waals surface area contributed by atoms with Crippen LogP contribution in [0.1, 0.15) is 26.7 Å². The van der Waals surface area contributed by atoms with Crippen LogP contribution in [0.25, 0.3) is 0 Å². The van der Waals surface area contributed by atoms with Gasteiger partial charge in [-0.2, -0.15) is 5.10 Å². The molecule has 1 fully saturated rings. The Morgan fingerprint density at radius 1 is 1.33 bits per heavy atom. The van der Waals surface area contributed by atoms with Crippen molar-refractivity contribution in [3.8, 4) is 0 Å². The molecule has 1 aromatic heterocycles. The number of hydrogen-bond donors (Lipinski definition) is 0. The van der Waals surface area contributed by atoms with Crippen molar-refractivity contribution in [3.05, 3.63) is 22.6 Å². The van der Waals surface area contributed by atoms with Crippen molar-refractivity contribution >= 4 is 21.6 Å². The lowest BCUT2D eigenvalue weighted by molar-refractivity contribution is 0.122. The van der Waals surface area contributed by atoms with E-state index in [1.807, 2.05) is 0 Å². The highest BCUT2D eigenvalue weighted by Gasteiger charge is 2.26. The Balaban J connectivity index is 2.17. The van der Waals surface area contributed by atoms with Gasteiger partial charge >= 0.3 is 0 Å². The van der Waals surface area contributed by atoms with Gasteiger partial charge in [0.15, 0.2) is 0 Å². The first kappa shape index (κ1) is 16.5. The Bertz CT molecular complexity index is 500. The quantitative estimate of drug-likeness (QED) is 0.732. The zero-order chi connectivity index (χ0) is 15.3. The molecule has 0 N–H and O–H groups in total. The zero-order valence-corrected chi connectivity index (χ0v) is 14.4. The summed E-state index contributed by atoms with van der Waals surface area (Å²) >= 11 is 3.59. The Morgan fingerprint density at radius 2 is 2.00 bits per heavy atom. The molecule has 0 aromatic carbocycles. The maximum atomic E-state index is 12.3. The van der Waals surface area contributed by atoms with E-state index in [2.05, 4.69) is 39.8 Å². The maximum absolute atomic E-state index is 12.3. The van der Waals surface area contributed by atoms with Crippen LogP contribution >= 0.6 is 15.9 Å². The van der Waals surface area contributed by atoms with Crippen LogP contribution in [0.3, 0.4) is 0 Å². The molecule has 1 aliphatic rings. The van der Waals surface area contributed by atoms with E-state index in [1.54, 1.807) is 16.9 Å². The topological polar surface area (TPSA) is 47.4 Å². The molecule has 2 rings (SSSR count).